The van der Waals surface area contributed by atoms with E-state index in [1.54, 1.807) is 20.8 Å². The molecule has 8 heteroatoms. The second-order valence-corrected chi connectivity index (χ2v) is 9.22. The predicted octanol–water partition coefficient (Wildman–Crippen LogP) is 1.22. The second-order valence-electron chi connectivity index (χ2n) is 6.64. The summed E-state index contributed by atoms with van der Waals surface area (Å²) in [7, 11) is -1.63. The zero-order valence-corrected chi connectivity index (χ0v) is 13.6. The van der Waals surface area contributed by atoms with Crippen LogP contribution in [0.15, 0.2) is 0 Å². The maximum absolute atomic E-state index is 12.5. The molecule has 1 amide bonds. The summed E-state index contributed by atoms with van der Waals surface area (Å²) in [6.45, 7) is 5.52. The van der Waals surface area contributed by atoms with E-state index in [1.807, 2.05) is 0 Å². The van der Waals surface area contributed by atoms with E-state index >= 15 is 0 Å². The number of nitrogens with one attached hydrogen (secondary N) is 1. The van der Waals surface area contributed by atoms with Crippen molar-refractivity contribution in [3.8, 4) is 0 Å². The van der Waals surface area contributed by atoms with Crippen molar-refractivity contribution in [1.29, 1.82) is 4.78 Å². The summed E-state index contributed by atoms with van der Waals surface area (Å²) in [4.78, 5) is 25.2. The van der Waals surface area contributed by atoms with Gasteiger partial charge in [0.1, 0.15) is 10.3 Å². The molecule has 0 aromatic heterocycles. The van der Waals surface area contributed by atoms with E-state index in [4.69, 9.17) is 14.3 Å². The molecule has 0 radical (unpaired) electrons. The third kappa shape index (κ3) is 2.61. The third-order valence-corrected chi connectivity index (χ3v) is 6.71. The fraction of sp³-hybridized carbons (Fsp3) is 0.846. The Hall–Kier alpha value is -1.31. The number of nitrogens with zero attached hydrogens (tertiary/aromatic N) is 1. The molecule has 0 saturated carbocycles. The molecule has 2 aliphatic heterocycles. The first-order valence-electron chi connectivity index (χ1n) is 6.84. The summed E-state index contributed by atoms with van der Waals surface area (Å²) >= 11 is 0. The van der Waals surface area contributed by atoms with Gasteiger partial charge in [0, 0.05) is 18.8 Å². The number of amides is 1. The Morgan fingerprint density at radius 2 is 1.90 bits per heavy atom. The maximum Gasteiger partial charge on any atom is 0.410 e. The van der Waals surface area contributed by atoms with Gasteiger partial charge in [0.25, 0.3) is 0 Å². The zero-order valence-electron chi connectivity index (χ0n) is 12.8. The van der Waals surface area contributed by atoms with Crippen LogP contribution in [0.3, 0.4) is 0 Å². The van der Waals surface area contributed by atoms with Crippen molar-refractivity contribution in [1.82, 2.24) is 4.90 Å². The first-order chi connectivity index (χ1) is 9.52. The highest BCUT2D eigenvalue weighted by Gasteiger charge is 2.63. The van der Waals surface area contributed by atoms with Crippen LogP contribution in [0.4, 0.5) is 4.79 Å². The number of likely N-dealkylation sites (tertiary alicyclic amines) is 1. The predicted molar refractivity (Wildman–Crippen MR) is 76.4 cm³/mol. The molecule has 2 saturated heterocycles. The van der Waals surface area contributed by atoms with E-state index < -0.39 is 38.1 Å². The molecule has 1 N–H and O–H groups in total. The molecular weight excluding hydrogens is 296 g/mol. The van der Waals surface area contributed by atoms with E-state index in [0.717, 1.165) is 0 Å². The number of carbonyl (C=O) groups excluding carboxylic acids is 2. The number of esters is 1. The van der Waals surface area contributed by atoms with Crippen molar-refractivity contribution in [3.63, 3.8) is 0 Å². The van der Waals surface area contributed by atoms with Crippen LogP contribution in [0.5, 0.6) is 0 Å². The highest BCUT2D eigenvalue weighted by atomic mass is 32.2. The Morgan fingerprint density at radius 3 is 2.38 bits per heavy atom. The van der Waals surface area contributed by atoms with E-state index in [-0.39, 0.29) is 18.8 Å². The van der Waals surface area contributed by atoms with E-state index in [2.05, 4.69) is 0 Å². The first-order valence-corrected chi connectivity index (χ1v) is 8.57. The standard InChI is InChI=1S/C13H22N2O5S/c1-12(2,3)20-11(17)15-7-13(8-15)9(10(16)19-4)5-6-21(13,14)18/h9,14H,5-8H2,1-4H3. The summed E-state index contributed by atoms with van der Waals surface area (Å²) in [6.07, 6.45) is -0.129. The molecule has 0 bridgehead atoms. The van der Waals surface area contributed by atoms with Gasteiger partial charge >= 0.3 is 12.1 Å². The zero-order chi connectivity index (χ0) is 16.1. The van der Waals surface area contributed by atoms with Gasteiger partial charge in [-0.25, -0.2) is 9.00 Å². The highest BCUT2D eigenvalue weighted by molar-refractivity contribution is 7.94. The molecule has 0 aromatic rings. The van der Waals surface area contributed by atoms with Crippen LogP contribution in [0, 0.1) is 10.7 Å². The molecule has 21 heavy (non-hydrogen) atoms. The molecule has 0 aliphatic carbocycles. The molecule has 2 aliphatic rings. The maximum atomic E-state index is 12.5. The molecule has 0 aromatic carbocycles. The molecule has 1 spiro atoms. The molecular formula is C13H22N2O5S. The summed E-state index contributed by atoms with van der Waals surface area (Å²) < 4.78 is 29.6. The van der Waals surface area contributed by atoms with Gasteiger partial charge < -0.3 is 14.4 Å². The Bertz CT molecular complexity index is 558. The van der Waals surface area contributed by atoms with Crippen molar-refractivity contribution in [2.75, 3.05) is 26.0 Å². The Morgan fingerprint density at radius 1 is 1.33 bits per heavy atom. The molecule has 2 rings (SSSR count). The minimum absolute atomic E-state index is 0.115. The van der Waals surface area contributed by atoms with Gasteiger partial charge in [-0.15, -0.1) is 0 Å². The second kappa shape index (κ2) is 4.86. The summed E-state index contributed by atoms with van der Waals surface area (Å²) in [5.74, 6) is -0.850. The molecule has 120 valence electrons. The number of ether oxygens (including phenoxy) is 2. The average Bonchev–Trinajstić information content (AvgIpc) is 2.55. The van der Waals surface area contributed by atoms with Crippen LogP contribution in [0.25, 0.3) is 0 Å². The highest BCUT2D eigenvalue weighted by Crippen LogP contribution is 2.45. The lowest BCUT2D eigenvalue weighted by Gasteiger charge is -2.49. The molecule has 7 nitrogen and oxygen atoms in total. The number of carbonyl (C=O) groups is 2. The quantitative estimate of drug-likeness (QED) is 0.733. The SMILES string of the molecule is COC(=O)C1CCS(=N)(=O)C12CN(C(=O)OC(C)(C)C)C2. The average molecular weight is 318 g/mol. The van der Waals surface area contributed by atoms with Crippen LogP contribution < -0.4 is 0 Å². The normalized spacial score (nSPS) is 30.9. The van der Waals surface area contributed by atoms with Gasteiger partial charge in [-0.1, -0.05) is 0 Å². The van der Waals surface area contributed by atoms with E-state index in [0.29, 0.717) is 6.42 Å². The molecule has 2 unspecified atom stereocenters. The lowest BCUT2D eigenvalue weighted by molar-refractivity contribution is -0.148. The fourth-order valence-electron chi connectivity index (χ4n) is 2.94. The first kappa shape index (κ1) is 16.1. The van der Waals surface area contributed by atoms with Crippen LogP contribution in [0.2, 0.25) is 0 Å². The Kier molecular flexibility index (Phi) is 3.72. The monoisotopic (exact) mass is 318 g/mol. The van der Waals surface area contributed by atoms with Crippen LogP contribution in [-0.4, -0.2) is 57.5 Å². The lowest BCUT2D eigenvalue weighted by atomic mass is 9.83. The number of hydrogen-bond donors (Lipinski definition) is 1. The van der Waals surface area contributed by atoms with Gasteiger partial charge in [-0.05, 0) is 27.2 Å². The molecule has 2 fully saturated rings. The van der Waals surface area contributed by atoms with Gasteiger partial charge in [-0.2, -0.15) is 0 Å². The van der Waals surface area contributed by atoms with Crippen molar-refractivity contribution in [3.05, 3.63) is 0 Å². The minimum Gasteiger partial charge on any atom is -0.469 e. The van der Waals surface area contributed by atoms with Crippen LogP contribution >= 0.6 is 0 Å². The van der Waals surface area contributed by atoms with Crippen LogP contribution in [-0.2, 0) is 24.0 Å². The van der Waals surface area contributed by atoms with Crippen molar-refractivity contribution in [2.24, 2.45) is 5.92 Å². The van der Waals surface area contributed by atoms with Gasteiger partial charge in [0.05, 0.1) is 22.8 Å². The number of methoxy groups -OCH3 is 1. The Balaban J connectivity index is 2.14. The Labute approximate surface area is 124 Å². The van der Waals surface area contributed by atoms with Gasteiger partial charge in [0.2, 0.25) is 0 Å². The molecule has 2 atom stereocenters. The number of hydrogen-bond acceptors (Lipinski definition) is 6. The summed E-state index contributed by atoms with van der Waals surface area (Å²) in [5, 5.41) is 0. The van der Waals surface area contributed by atoms with Crippen molar-refractivity contribution in [2.45, 2.75) is 37.5 Å². The minimum atomic E-state index is -2.91. The molecule has 2 heterocycles. The van der Waals surface area contributed by atoms with Crippen LogP contribution in [0.1, 0.15) is 27.2 Å². The number of rotatable bonds is 1. The van der Waals surface area contributed by atoms with Crippen molar-refractivity contribution >= 4 is 21.8 Å². The third-order valence-electron chi connectivity index (χ3n) is 4.04. The van der Waals surface area contributed by atoms with E-state index in [1.165, 1.54) is 12.0 Å². The smallest absolute Gasteiger partial charge is 0.410 e. The summed E-state index contributed by atoms with van der Waals surface area (Å²) in [5.41, 5.74) is -0.611. The van der Waals surface area contributed by atoms with E-state index in [9.17, 15) is 13.8 Å². The summed E-state index contributed by atoms with van der Waals surface area (Å²) in [6, 6.07) is 0. The largest absolute Gasteiger partial charge is 0.469 e. The fourth-order valence-corrected chi connectivity index (χ4v) is 5.32. The lowest BCUT2D eigenvalue weighted by Crippen LogP contribution is -2.69. The van der Waals surface area contributed by atoms with Gasteiger partial charge in [0.15, 0.2) is 0 Å². The van der Waals surface area contributed by atoms with Crippen molar-refractivity contribution < 1.29 is 23.3 Å². The topological polar surface area (TPSA) is 96.8 Å². The van der Waals surface area contributed by atoms with Gasteiger partial charge in [-0.3, -0.25) is 9.57 Å².